The second-order valence-corrected chi connectivity index (χ2v) is 2.48. The molecule has 13 heavy (non-hydrogen) atoms. The van der Waals surface area contributed by atoms with Gasteiger partial charge in [0.15, 0.2) is 5.65 Å². The predicted molar refractivity (Wildman–Crippen MR) is 48.1 cm³/mol. The molecule has 2 heterocycles. The number of fused-ring (bicyclic) bond motifs is 1. The number of hydrogen-bond acceptors (Lipinski definition) is 3. The quantitative estimate of drug-likeness (QED) is 0.501. The van der Waals surface area contributed by atoms with Crippen LogP contribution in [0.1, 0.15) is 5.56 Å². The largest absolute Gasteiger partial charge is 0.299 e. The maximum atomic E-state index is 10.1. The monoisotopic (exact) mass is 173 g/mol. The summed E-state index contributed by atoms with van der Waals surface area (Å²) in [6.07, 6.45) is 9.00. The van der Waals surface area contributed by atoms with Crippen LogP contribution >= 0.6 is 0 Å². The van der Waals surface area contributed by atoms with Crippen molar-refractivity contribution in [1.82, 2.24) is 14.6 Å². The van der Waals surface area contributed by atoms with Crippen LogP contribution < -0.4 is 0 Å². The molecule has 0 radical (unpaired) electrons. The third-order valence-electron chi connectivity index (χ3n) is 1.66. The maximum Gasteiger partial charge on any atom is 0.162 e. The molecule has 0 atom stereocenters. The molecule has 0 unspecified atom stereocenters. The average molecular weight is 173 g/mol. The zero-order valence-corrected chi connectivity index (χ0v) is 6.79. The summed E-state index contributed by atoms with van der Waals surface area (Å²) < 4.78 is 1.66. The summed E-state index contributed by atoms with van der Waals surface area (Å²) in [7, 11) is 0. The van der Waals surface area contributed by atoms with Crippen LogP contribution in [0.2, 0.25) is 0 Å². The summed E-state index contributed by atoms with van der Waals surface area (Å²) >= 11 is 0. The standard InChI is InChI=1S/C9H7N3O/c13-6-1-3-8-7-11-12-5-2-4-10-9(8)12/h1-7H. The van der Waals surface area contributed by atoms with E-state index >= 15 is 0 Å². The minimum Gasteiger partial charge on any atom is -0.299 e. The van der Waals surface area contributed by atoms with Crippen molar-refractivity contribution in [3.8, 4) is 0 Å². The first-order valence-corrected chi connectivity index (χ1v) is 3.82. The van der Waals surface area contributed by atoms with E-state index < -0.39 is 0 Å². The third-order valence-corrected chi connectivity index (χ3v) is 1.66. The van der Waals surface area contributed by atoms with Gasteiger partial charge in [-0.2, -0.15) is 5.10 Å². The summed E-state index contributed by atoms with van der Waals surface area (Å²) in [4.78, 5) is 14.2. The Kier molecular flexibility index (Phi) is 1.88. The molecule has 64 valence electrons. The number of allylic oxidation sites excluding steroid dienone is 1. The summed E-state index contributed by atoms with van der Waals surface area (Å²) in [6, 6.07) is 1.80. The second-order valence-electron chi connectivity index (χ2n) is 2.48. The van der Waals surface area contributed by atoms with Crippen LogP contribution in [0.15, 0.2) is 30.7 Å². The van der Waals surface area contributed by atoms with E-state index in [9.17, 15) is 4.79 Å². The number of aromatic nitrogens is 3. The Hall–Kier alpha value is -1.97. The van der Waals surface area contributed by atoms with Crippen molar-refractivity contribution in [2.45, 2.75) is 0 Å². The molecule has 0 saturated carbocycles. The Bertz CT molecular complexity index is 459. The Labute approximate surface area is 74.5 Å². The number of hydrogen-bond donors (Lipinski definition) is 0. The Morgan fingerprint density at radius 1 is 1.46 bits per heavy atom. The molecule has 2 aromatic heterocycles. The average Bonchev–Trinajstić information content (AvgIpc) is 2.58. The van der Waals surface area contributed by atoms with Crippen LogP contribution in [0.4, 0.5) is 0 Å². The van der Waals surface area contributed by atoms with Gasteiger partial charge in [-0.3, -0.25) is 4.79 Å². The molecule has 0 aromatic carbocycles. The lowest BCUT2D eigenvalue weighted by atomic mass is 10.3. The van der Waals surface area contributed by atoms with Gasteiger partial charge in [0.1, 0.15) is 6.29 Å². The summed E-state index contributed by atoms with van der Waals surface area (Å²) in [5.74, 6) is 0. The molecule has 2 aromatic rings. The van der Waals surface area contributed by atoms with Crippen molar-refractivity contribution in [2.24, 2.45) is 0 Å². The maximum absolute atomic E-state index is 10.1. The Morgan fingerprint density at radius 2 is 2.38 bits per heavy atom. The summed E-state index contributed by atoms with van der Waals surface area (Å²) in [5.41, 5.74) is 1.59. The van der Waals surface area contributed by atoms with Crippen molar-refractivity contribution in [3.63, 3.8) is 0 Å². The molecule has 0 saturated heterocycles. The normalized spacial score (nSPS) is 11.1. The zero-order chi connectivity index (χ0) is 9.10. The third kappa shape index (κ3) is 1.33. The van der Waals surface area contributed by atoms with Gasteiger partial charge in [-0.25, -0.2) is 9.50 Å². The zero-order valence-electron chi connectivity index (χ0n) is 6.79. The van der Waals surface area contributed by atoms with Crippen molar-refractivity contribution in [1.29, 1.82) is 0 Å². The highest BCUT2D eigenvalue weighted by molar-refractivity contribution is 5.77. The number of aldehydes is 1. The van der Waals surface area contributed by atoms with Gasteiger partial charge in [0.25, 0.3) is 0 Å². The smallest absolute Gasteiger partial charge is 0.162 e. The van der Waals surface area contributed by atoms with Crippen LogP contribution in [0.5, 0.6) is 0 Å². The topological polar surface area (TPSA) is 47.3 Å². The van der Waals surface area contributed by atoms with E-state index in [4.69, 9.17) is 0 Å². The van der Waals surface area contributed by atoms with Gasteiger partial charge in [-0.05, 0) is 18.2 Å². The minimum atomic E-state index is 0.729. The Balaban J connectivity index is 2.57. The molecule has 4 heteroatoms. The molecular weight excluding hydrogens is 166 g/mol. The fourth-order valence-corrected chi connectivity index (χ4v) is 1.11. The van der Waals surface area contributed by atoms with Gasteiger partial charge in [0.2, 0.25) is 0 Å². The molecule has 0 aliphatic heterocycles. The van der Waals surface area contributed by atoms with Gasteiger partial charge >= 0.3 is 0 Å². The second kappa shape index (κ2) is 3.18. The number of rotatable bonds is 2. The minimum absolute atomic E-state index is 0.729. The van der Waals surface area contributed by atoms with Gasteiger partial charge in [-0.1, -0.05) is 0 Å². The highest BCUT2D eigenvalue weighted by Gasteiger charge is 1.99. The Morgan fingerprint density at radius 3 is 3.23 bits per heavy atom. The van der Waals surface area contributed by atoms with E-state index in [2.05, 4.69) is 10.1 Å². The molecule has 0 spiro atoms. The highest BCUT2D eigenvalue weighted by Crippen LogP contribution is 2.07. The predicted octanol–water partition coefficient (Wildman–Crippen LogP) is 0.941. The lowest BCUT2D eigenvalue weighted by molar-refractivity contribution is -0.104. The molecule has 0 aliphatic carbocycles. The molecule has 4 nitrogen and oxygen atoms in total. The molecule has 0 fully saturated rings. The number of carbonyl (C=O) groups is 1. The fraction of sp³-hybridized carbons (Fsp3) is 0. The molecule has 0 N–H and O–H groups in total. The van der Waals surface area contributed by atoms with Crippen molar-refractivity contribution >= 4 is 18.0 Å². The van der Waals surface area contributed by atoms with Crippen LogP contribution in [0, 0.1) is 0 Å². The lowest BCUT2D eigenvalue weighted by Crippen LogP contribution is -1.86. The number of nitrogens with zero attached hydrogens (tertiary/aromatic N) is 3. The fourth-order valence-electron chi connectivity index (χ4n) is 1.11. The molecule has 0 amide bonds. The van der Waals surface area contributed by atoms with Crippen molar-refractivity contribution in [3.05, 3.63) is 36.3 Å². The first kappa shape index (κ1) is 7.67. The molecule has 0 bridgehead atoms. The van der Waals surface area contributed by atoms with Gasteiger partial charge in [0.05, 0.1) is 6.20 Å². The van der Waals surface area contributed by atoms with E-state index in [1.165, 1.54) is 6.08 Å². The van der Waals surface area contributed by atoms with E-state index in [1.807, 2.05) is 0 Å². The first-order valence-electron chi connectivity index (χ1n) is 3.82. The van der Waals surface area contributed by atoms with Crippen LogP contribution in [0.25, 0.3) is 11.7 Å². The van der Waals surface area contributed by atoms with Crippen molar-refractivity contribution in [2.75, 3.05) is 0 Å². The SMILES string of the molecule is O=CC=Cc1cnn2cccnc12. The van der Waals surface area contributed by atoms with E-state index in [0.717, 1.165) is 17.5 Å². The lowest BCUT2D eigenvalue weighted by Gasteiger charge is -1.89. The summed E-state index contributed by atoms with van der Waals surface area (Å²) in [6.45, 7) is 0. The summed E-state index contributed by atoms with van der Waals surface area (Å²) in [5, 5.41) is 4.06. The molecular formula is C9H7N3O. The van der Waals surface area contributed by atoms with Gasteiger partial charge in [-0.15, -0.1) is 0 Å². The van der Waals surface area contributed by atoms with Gasteiger partial charge in [0, 0.05) is 18.0 Å². The van der Waals surface area contributed by atoms with Crippen molar-refractivity contribution < 1.29 is 4.79 Å². The van der Waals surface area contributed by atoms with E-state index in [0.29, 0.717) is 0 Å². The van der Waals surface area contributed by atoms with E-state index in [-0.39, 0.29) is 0 Å². The molecule has 0 aliphatic rings. The van der Waals surface area contributed by atoms with E-state index in [1.54, 1.807) is 35.2 Å². The number of carbonyl (C=O) groups excluding carboxylic acids is 1. The van der Waals surface area contributed by atoms with Crippen LogP contribution in [0.3, 0.4) is 0 Å². The first-order chi connectivity index (χ1) is 6.42. The highest BCUT2D eigenvalue weighted by atomic mass is 16.1. The van der Waals surface area contributed by atoms with Gasteiger partial charge < -0.3 is 0 Å². The molecule has 2 rings (SSSR count). The van der Waals surface area contributed by atoms with Crippen LogP contribution in [-0.4, -0.2) is 20.9 Å². The van der Waals surface area contributed by atoms with Crippen LogP contribution in [-0.2, 0) is 4.79 Å².